The number of rotatable bonds is 3. The highest BCUT2D eigenvalue weighted by Gasteiger charge is 2.22. The van der Waals surface area contributed by atoms with Crippen LogP contribution in [-0.4, -0.2) is 28.9 Å². The summed E-state index contributed by atoms with van der Waals surface area (Å²) in [6.07, 6.45) is 3.62. The summed E-state index contributed by atoms with van der Waals surface area (Å²) < 4.78 is 7.22. The molecule has 1 aromatic carbocycles. The van der Waals surface area contributed by atoms with Crippen LogP contribution in [-0.2, 0) is 16.6 Å². The number of carbonyl (C=O) groups is 1. The predicted octanol–water partition coefficient (Wildman–Crippen LogP) is 2.76. The lowest BCUT2D eigenvalue weighted by Crippen LogP contribution is -2.30. The van der Waals surface area contributed by atoms with E-state index >= 15 is 0 Å². The first-order valence-electron chi connectivity index (χ1n) is 7.63. The van der Waals surface area contributed by atoms with E-state index in [9.17, 15) is 4.79 Å². The van der Waals surface area contributed by atoms with Crippen LogP contribution in [0.1, 0.15) is 18.4 Å². The summed E-state index contributed by atoms with van der Waals surface area (Å²) >= 11 is 0. The van der Waals surface area contributed by atoms with E-state index in [1.807, 2.05) is 42.9 Å². The van der Waals surface area contributed by atoms with Gasteiger partial charge in [-0.3, -0.25) is 9.48 Å². The molecule has 0 spiro atoms. The highest BCUT2D eigenvalue weighted by molar-refractivity contribution is 5.94. The summed E-state index contributed by atoms with van der Waals surface area (Å²) in [7, 11) is 1.91. The van der Waals surface area contributed by atoms with Crippen molar-refractivity contribution in [2.75, 3.05) is 18.5 Å². The minimum absolute atomic E-state index is 0.0463. The van der Waals surface area contributed by atoms with Crippen molar-refractivity contribution < 1.29 is 9.53 Å². The summed E-state index contributed by atoms with van der Waals surface area (Å²) in [4.78, 5) is 12.4. The number of hydrogen-bond donors (Lipinski definition) is 1. The molecule has 2 aromatic rings. The highest BCUT2D eigenvalue weighted by atomic mass is 16.5. The third kappa shape index (κ3) is 3.04. The Kier molecular flexibility index (Phi) is 4.24. The van der Waals surface area contributed by atoms with Crippen LogP contribution in [0.3, 0.4) is 0 Å². The van der Waals surface area contributed by atoms with Crippen molar-refractivity contribution in [3.63, 3.8) is 0 Å². The van der Waals surface area contributed by atoms with Crippen LogP contribution >= 0.6 is 0 Å². The summed E-state index contributed by atoms with van der Waals surface area (Å²) in [6, 6.07) is 8.04. The highest BCUT2D eigenvalue weighted by Crippen LogP contribution is 2.26. The third-order valence-corrected chi connectivity index (χ3v) is 4.14. The first kappa shape index (κ1) is 14.8. The molecule has 3 rings (SSSR count). The normalized spacial score (nSPS) is 18.2. The largest absolute Gasteiger partial charge is 0.381 e. The molecule has 0 saturated carbocycles. The molecule has 5 nitrogen and oxygen atoms in total. The van der Waals surface area contributed by atoms with Gasteiger partial charge in [0, 0.05) is 31.1 Å². The summed E-state index contributed by atoms with van der Waals surface area (Å²) in [6.45, 7) is 3.28. The maximum atomic E-state index is 12.4. The predicted molar refractivity (Wildman–Crippen MR) is 85.6 cm³/mol. The van der Waals surface area contributed by atoms with Gasteiger partial charge < -0.3 is 10.1 Å². The van der Waals surface area contributed by atoms with E-state index in [2.05, 4.69) is 10.4 Å². The molecule has 1 saturated heterocycles. The van der Waals surface area contributed by atoms with E-state index < -0.39 is 0 Å². The standard InChI is InChI=1S/C17H21N3O2/c1-12-5-6-13(16-7-8-18-20(16)2)10-15(12)19-17(21)14-4-3-9-22-11-14/h5-8,10,14H,3-4,9,11H2,1-2H3,(H,19,21). The average Bonchev–Trinajstić information content (AvgIpc) is 2.96. The minimum atomic E-state index is -0.0477. The zero-order valence-corrected chi connectivity index (χ0v) is 13.0. The van der Waals surface area contributed by atoms with Gasteiger partial charge in [-0.2, -0.15) is 5.10 Å². The van der Waals surface area contributed by atoms with E-state index in [4.69, 9.17) is 4.74 Å². The van der Waals surface area contributed by atoms with Gasteiger partial charge in [-0.25, -0.2) is 0 Å². The maximum absolute atomic E-state index is 12.4. The van der Waals surface area contributed by atoms with Crippen LogP contribution in [0.5, 0.6) is 0 Å². The van der Waals surface area contributed by atoms with Crippen molar-refractivity contribution in [1.82, 2.24) is 9.78 Å². The lowest BCUT2D eigenvalue weighted by Gasteiger charge is -2.22. The van der Waals surface area contributed by atoms with Gasteiger partial charge in [-0.05, 0) is 37.5 Å². The molecule has 1 fully saturated rings. The van der Waals surface area contributed by atoms with Crippen LogP contribution in [0.25, 0.3) is 11.3 Å². The Morgan fingerprint density at radius 1 is 1.41 bits per heavy atom. The van der Waals surface area contributed by atoms with Crippen molar-refractivity contribution >= 4 is 11.6 Å². The quantitative estimate of drug-likeness (QED) is 0.948. The molecule has 0 bridgehead atoms. The number of nitrogens with zero attached hydrogens (tertiary/aromatic N) is 2. The summed E-state index contributed by atoms with van der Waals surface area (Å²) in [5.41, 5.74) is 3.97. The first-order chi connectivity index (χ1) is 10.6. The summed E-state index contributed by atoms with van der Waals surface area (Å²) in [5.74, 6) is -0.00142. The lowest BCUT2D eigenvalue weighted by atomic mass is 10.0. The molecule has 5 heteroatoms. The second kappa shape index (κ2) is 6.32. The van der Waals surface area contributed by atoms with Gasteiger partial charge in [0.25, 0.3) is 0 Å². The molecule has 1 N–H and O–H groups in total. The van der Waals surface area contributed by atoms with Crippen molar-refractivity contribution in [2.24, 2.45) is 13.0 Å². The Hall–Kier alpha value is -2.14. The molecular formula is C17H21N3O2. The van der Waals surface area contributed by atoms with E-state index in [1.165, 1.54) is 0 Å². The molecule has 1 aliphatic rings. The van der Waals surface area contributed by atoms with Gasteiger partial charge >= 0.3 is 0 Å². The zero-order valence-electron chi connectivity index (χ0n) is 13.0. The molecule has 116 valence electrons. The second-order valence-electron chi connectivity index (χ2n) is 5.77. The number of anilines is 1. The number of carbonyl (C=O) groups excluding carboxylic acids is 1. The molecule has 0 radical (unpaired) electrons. The Balaban J connectivity index is 1.81. The molecular weight excluding hydrogens is 278 g/mol. The molecule has 1 unspecified atom stereocenters. The average molecular weight is 299 g/mol. The number of nitrogens with one attached hydrogen (secondary N) is 1. The van der Waals surface area contributed by atoms with Crippen molar-refractivity contribution in [2.45, 2.75) is 19.8 Å². The number of benzene rings is 1. The zero-order chi connectivity index (χ0) is 15.5. The van der Waals surface area contributed by atoms with Crippen LogP contribution in [0.2, 0.25) is 0 Å². The number of amides is 1. The van der Waals surface area contributed by atoms with Gasteiger partial charge in [0.1, 0.15) is 0 Å². The smallest absolute Gasteiger partial charge is 0.229 e. The van der Waals surface area contributed by atoms with E-state index in [-0.39, 0.29) is 11.8 Å². The van der Waals surface area contributed by atoms with Crippen LogP contribution in [0.4, 0.5) is 5.69 Å². The van der Waals surface area contributed by atoms with Gasteiger partial charge in [0.15, 0.2) is 0 Å². The number of hydrogen-bond acceptors (Lipinski definition) is 3. The summed E-state index contributed by atoms with van der Waals surface area (Å²) in [5, 5.41) is 7.25. The van der Waals surface area contributed by atoms with E-state index in [0.717, 1.165) is 42.0 Å². The lowest BCUT2D eigenvalue weighted by molar-refractivity contribution is -0.123. The first-order valence-corrected chi connectivity index (χ1v) is 7.63. The van der Waals surface area contributed by atoms with Crippen LogP contribution in [0, 0.1) is 12.8 Å². The fraction of sp³-hybridized carbons (Fsp3) is 0.412. The molecule has 1 amide bonds. The van der Waals surface area contributed by atoms with Crippen molar-refractivity contribution in [3.8, 4) is 11.3 Å². The Bertz CT molecular complexity index is 672. The maximum Gasteiger partial charge on any atom is 0.229 e. The topological polar surface area (TPSA) is 56.2 Å². The Morgan fingerprint density at radius 2 is 2.27 bits per heavy atom. The van der Waals surface area contributed by atoms with E-state index in [1.54, 1.807) is 6.20 Å². The molecule has 1 aromatic heterocycles. The molecule has 1 aliphatic heterocycles. The van der Waals surface area contributed by atoms with Gasteiger partial charge in [-0.1, -0.05) is 12.1 Å². The Morgan fingerprint density at radius 3 is 2.95 bits per heavy atom. The fourth-order valence-corrected chi connectivity index (χ4v) is 2.76. The van der Waals surface area contributed by atoms with Crippen molar-refractivity contribution in [3.05, 3.63) is 36.0 Å². The molecule has 0 aliphatic carbocycles. The third-order valence-electron chi connectivity index (χ3n) is 4.14. The van der Waals surface area contributed by atoms with E-state index in [0.29, 0.717) is 6.61 Å². The van der Waals surface area contributed by atoms with Gasteiger partial charge in [0.2, 0.25) is 5.91 Å². The van der Waals surface area contributed by atoms with Gasteiger partial charge in [0.05, 0.1) is 18.2 Å². The monoisotopic (exact) mass is 299 g/mol. The SMILES string of the molecule is Cc1ccc(-c2ccnn2C)cc1NC(=O)C1CCCOC1. The molecule has 22 heavy (non-hydrogen) atoms. The van der Waals surface area contributed by atoms with Gasteiger partial charge in [-0.15, -0.1) is 0 Å². The Labute approximate surface area is 130 Å². The molecule has 1 atom stereocenters. The second-order valence-corrected chi connectivity index (χ2v) is 5.77. The van der Waals surface area contributed by atoms with Crippen molar-refractivity contribution in [1.29, 1.82) is 0 Å². The van der Waals surface area contributed by atoms with Crippen LogP contribution < -0.4 is 5.32 Å². The number of aromatic nitrogens is 2. The number of ether oxygens (including phenoxy) is 1. The molecule has 2 heterocycles. The van der Waals surface area contributed by atoms with Crippen LogP contribution in [0.15, 0.2) is 30.5 Å². The number of aryl methyl sites for hydroxylation is 2. The minimum Gasteiger partial charge on any atom is -0.381 e. The fourth-order valence-electron chi connectivity index (χ4n) is 2.76.